The van der Waals surface area contributed by atoms with Crippen LogP contribution in [0.4, 0.5) is 4.79 Å². The Morgan fingerprint density at radius 1 is 1.12 bits per heavy atom. The molecule has 0 aliphatic rings. The van der Waals surface area contributed by atoms with E-state index in [-0.39, 0.29) is 18.9 Å². The summed E-state index contributed by atoms with van der Waals surface area (Å²) < 4.78 is 4.95. The minimum Gasteiger partial charge on any atom is -0.466 e. The van der Waals surface area contributed by atoms with Gasteiger partial charge in [0.1, 0.15) is 6.04 Å². The lowest BCUT2D eigenvalue weighted by Gasteiger charge is -2.22. The van der Waals surface area contributed by atoms with Crippen LogP contribution in [-0.4, -0.2) is 49.6 Å². The van der Waals surface area contributed by atoms with Crippen molar-refractivity contribution in [2.24, 2.45) is 0 Å². The summed E-state index contributed by atoms with van der Waals surface area (Å²) in [4.78, 5) is 37.1. The van der Waals surface area contributed by atoms with Gasteiger partial charge >= 0.3 is 12.0 Å². The van der Waals surface area contributed by atoms with E-state index in [9.17, 15) is 14.4 Å². The van der Waals surface area contributed by atoms with E-state index >= 15 is 0 Å². The number of hydrogen-bond donors (Lipinski definition) is 2. The molecule has 7 heteroatoms. The second kappa shape index (κ2) is 9.54. The number of esters is 1. The number of amides is 3. The molecule has 24 heavy (non-hydrogen) atoms. The Kier molecular flexibility index (Phi) is 7.74. The van der Waals surface area contributed by atoms with Crippen molar-refractivity contribution in [1.82, 2.24) is 15.5 Å². The highest BCUT2D eigenvalue weighted by molar-refractivity contribution is 5.86. The highest BCUT2D eigenvalue weighted by Crippen LogP contribution is 2.17. The lowest BCUT2D eigenvalue weighted by Crippen LogP contribution is -2.49. The van der Waals surface area contributed by atoms with E-state index in [0.717, 1.165) is 5.56 Å². The molecule has 7 nitrogen and oxygen atoms in total. The molecular weight excluding hydrogens is 310 g/mol. The van der Waals surface area contributed by atoms with Crippen molar-refractivity contribution in [3.8, 4) is 0 Å². The van der Waals surface area contributed by atoms with E-state index in [0.29, 0.717) is 0 Å². The van der Waals surface area contributed by atoms with Crippen LogP contribution in [0.2, 0.25) is 0 Å². The first kappa shape index (κ1) is 19.5. The van der Waals surface area contributed by atoms with E-state index in [1.54, 1.807) is 27.9 Å². The minimum absolute atomic E-state index is 0.0152. The van der Waals surface area contributed by atoms with Gasteiger partial charge in [0.2, 0.25) is 5.91 Å². The fourth-order valence-electron chi connectivity index (χ4n) is 2.17. The van der Waals surface area contributed by atoms with Crippen molar-refractivity contribution in [2.45, 2.75) is 32.4 Å². The average molecular weight is 335 g/mol. The normalized spacial score (nSPS) is 12.7. The van der Waals surface area contributed by atoms with Gasteiger partial charge < -0.3 is 20.3 Å². The molecule has 132 valence electrons. The molecule has 0 aliphatic carbocycles. The summed E-state index contributed by atoms with van der Waals surface area (Å²) >= 11 is 0. The Balaban J connectivity index is 2.75. The number of benzene rings is 1. The summed E-state index contributed by atoms with van der Waals surface area (Å²) in [5, 5.41) is 5.30. The average Bonchev–Trinajstić information content (AvgIpc) is 2.54. The molecule has 0 bridgehead atoms. The molecule has 0 fully saturated rings. The predicted molar refractivity (Wildman–Crippen MR) is 90.3 cm³/mol. The van der Waals surface area contributed by atoms with Crippen LogP contribution in [0.1, 0.15) is 31.9 Å². The SMILES string of the molecule is CCOC(=O)C[C@@H](NC(=O)N[C@H](C)C(=O)N(C)C)c1ccccc1. The van der Waals surface area contributed by atoms with E-state index in [1.807, 2.05) is 30.3 Å². The van der Waals surface area contributed by atoms with Crippen LogP contribution in [0.5, 0.6) is 0 Å². The summed E-state index contributed by atoms with van der Waals surface area (Å²) in [6.45, 7) is 3.61. The molecule has 1 aromatic carbocycles. The third-order valence-electron chi connectivity index (χ3n) is 3.34. The zero-order valence-corrected chi connectivity index (χ0v) is 14.5. The summed E-state index contributed by atoms with van der Waals surface area (Å²) in [6, 6.07) is 7.41. The molecule has 0 saturated carbocycles. The van der Waals surface area contributed by atoms with Crippen molar-refractivity contribution < 1.29 is 19.1 Å². The van der Waals surface area contributed by atoms with Gasteiger partial charge in [-0.05, 0) is 19.4 Å². The van der Waals surface area contributed by atoms with Gasteiger partial charge in [-0.1, -0.05) is 30.3 Å². The first-order valence-electron chi connectivity index (χ1n) is 7.83. The molecule has 0 heterocycles. The molecule has 0 unspecified atom stereocenters. The monoisotopic (exact) mass is 335 g/mol. The lowest BCUT2D eigenvalue weighted by molar-refractivity contribution is -0.143. The zero-order valence-electron chi connectivity index (χ0n) is 14.5. The minimum atomic E-state index is -0.668. The van der Waals surface area contributed by atoms with Crippen molar-refractivity contribution in [1.29, 1.82) is 0 Å². The third-order valence-corrected chi connectivity index (χ3v) is 3.34. The van der Waals surface area contributed by atoms with Crippen molar-refractivity contribution >= 4 is 17.9 Å². The van der Waals surface area contributed by atoms with Crippen molar-refractivity contribution in [3.63, 3.8) is 0 Å². The maximum Gasteiger partial charge on any atom is 0.315 e. The van der Waals surface area contributed by atoms with Crippen molar-refractivity contribution in [3.05, 3.63) is 35.9 Å². The first-order valence-corrected chi connectivity index (χ1v) is 7.83. The van der Waals surface area contributed by atoms with Crippen molar-refractivity contribution in [2.75, 3.05) is 20.7 Å². The Labute approximate surface area is 142 Å². The second-order valence-electron chi connectivity index (χ2n) is 5.54. The smallest absolute Gasteiger partial charge is 0.315 e. The Morgan fingerprint density at radius 2 is 1.75 bits per heavy atom. The molecule has 3 amide bonds. The summed E-state index contributed by atoms with van der Waals surface area (Å²) in [5.74, 6) is -0.615. The number of carbonyl (C=O) groups excluding carboxylic acids is 3. The standard InChI is InChI=1S/C17H25N3O4/c1-5-24-15(21)11-14(13-9-7-6-8-10-13)19-17(23)18-12(2)16(22)20(3)4/h6-10,12,14H,5,11H2,1-4H3,(H2,18,19,23)/t12-,14-/m1/s1. The molecular formula is C17H25N3O4. The van der Waals surface area contributed by atoms with Crippen LogP contribution in [0.25, 0.3) is 0 Å². The summed E-state index contributed by atoms with van der Waals surface area (Å²) in [5.41, 5.74) is 0.785. The molecule has 0 spiro atoms. The number of nitrogens with one attached hydrogen (secondary N) is 2. The topological polar surface area (TPSA) is 87.7 Å². The van der Waals surface area contributed by atoms with E-state index < -0.39 is 24.1 Å². The maximum absolute atomic E-state index is 12.2. The van der Waals surface area contributed by atoms with E-state index in [4.69, 9.17) is 4.74 Å². The van der Waals surface area contributed by atoms with E-state index in [1.165, 1.54) is 4.90 Å². The Bertz CT molecular complexity index is 560. The molecule has 0 aliphatic heterocycles. The van der Waals surface area contributed by atoms with Crippen LogP contribution in [-0.2, 0) is 14.3 Å². The number of likely N-dealkylation sites (N-methyl/N-ethyl adjacent to an activating group) is 1. The van der Waals surface area contributed by atoms with Gasteiger partial charge in [-0.3, -0.25) is 9.59 Å². The van der Waals surface area contributed by atoms with Gasteiger partial charge in [0.25, 0.3) is 0 Å². The highest BCUT2D eigenvalue weighted by Gasteiger charge is 2.22. The van der Waals surface area contributed by atoms with Crippen LogP contribution in [0, 0.1) is 0 Å². The Morgan fingerprint density at radius 3 is 2.29 bits per heavy atom. The maximum atomic E-state index is 12.2. The lowest BCUT2D eigenvalue weighted by atomic mass is 10.0. The molecule has 2 N–H and O–H groups in total. The van der Waals surface area contributed by atoms with Crippen LogP contribution in [0.15, 0.2) is 30.3 Å². The fraction of sp³-hybridized carbons (Fsp3) is 0.471. The van der Waals surface area contributed by atoms with Gasteiger partial charge in [-0.25, -0.2) is 4.79 Å². The van der Waals surface area contributed by atoms with Gasteiger partial charge in [-0.2, -0.15) is 0 Å². The third kappa shape index (κ3) is 6.28. The number of nitrogens with zero attached hydrogens (tertiary/aromatic N) is 1. The zero-order chi connectivity index (χ0) is 18.1. The van der Waals surface area contributed by atoms with Gasteiger partial charge in [0.05, 0.1) is 19.1 Å². The second-order valence-corrected chi connectivity index (χ2v) is 5.54. The Hall–Kier alpha value is -2.57. The number of carbonyl (C=O) groups is 3. The molecule has 0 saturated heterocycles. The van der Waals surface area contributed by atoms with Crippen LogP contribution >= 0.6 is 0 Å². The van der Waals surface area contributed by atoms with Crippen LogP contribution in [0.3, 0.4) is 0 Å². The van der Waals surface area contributed by atoms with Crippen LogP contribution < -0.4 is 10.6 Å². The number of ether oxygens (including phenoxy) is 1. The molecule has 1 aromatic rings. The number of rotatable bonds is 7. The first-order chi connectivity index (χ1) is 11.3. The number of hydrogen-bond acceptors (Lipinski definition) is 4. The summed E-state index contributed by atoms with van der Waals surface area (Å²) in [7, 11) is 3.23. The quantitative estimate of drug-likeness (QED) is 0.739. The van der Waals surface area contributed by atoms with Gasteiger partial charge in [0, 0.05) is 14.1 Å². The molecule has 1 rings (SSSR count). The summed E-state index contributed by atoms with van der Waals surface area (Å²) in [6.07, 6.45) is 0.0152. The fourth-order valence-corrected chi connectivity index (χ4v) is 2.17. The highest BCUT2D eigenvalue weighted by atomic mass is 16.5. The number of urea groups is 1. The van der Waals surface area contributed by atoms with E-state index in [2.05, 4.69) is 10.6 Å². The predicted octanol–water partition coefficient (Wildman–Crippen LogP) is 1.46. The van der Waals surface area contributed by atoms with Gasteiger partial charge in [0.15, 0.2) is 0 Å². The molecule has 2 atom stereocenters. The van der Waals surface area contributed by atoms with Gasteiger partial charge in [-0.15, -0.1) is 0 Å². The molecule has 0 aromatic heterocycles. The molecule has 0 radical (unpaired) electrons. The largest absolute Gasteiger partial charge is 0.466 e.